The summed E-state index contributed by atoms with van der Waals surface area (Å²) in [6.45, 7) is 3.77. The molecule has 1 aromatic carbocycles. The van der Waals surface area contributed by atoms with E-state index in [1.807, 2.05) is 29.2 Å². The summed E-state index contributed by atoms with van der Waals surface area (Å²) in [6.07, 6.45) is 4.56. The molecule has 0 radical (unpaired) electrons. The van der Waals surface area contributed by atoms with Crippen LogP contribution in [-0.2, 0) is 16.1 Å². The molecule has 1 aromatic rings. The summed E-state index contributed by atoms with van der Waals surface area (Å²) >= 11 is 0. The van der Waals surface area contributed by atoms with Crippen molar-refractivity contribution in [1.29, 1.82) is 5.26 Å². The van der Waals surface area contributed by atoms with Gasteiger partial charge in [-0.1, -0.05) is 31.4 Å². The Morgan fingerprint density at radius 3 is 2.35 bits per heavy atom. The Morgan fingerprint density at radius 2 is 1.71 bits per heavy atom. The van der Waals surface area contributed by atoms with Crippen molar-refractivity contribution in [3.63, 3.8) is 0 Å². The molecule has 1 N–H and O–H groups in total. The first-order valence-corrected chi connectivity index (χ1v) is 11.1. The van der Waals surface area contributed by atoms with Crippen LogP contribution in [0.4, 0.5) is 4.79 Å². The van der Waals surface area contributed by atoms with Crippen LogP contribution in [0.25, 0.3) is 0 Å². The smallest absolute Gasteiger partial charge is 0.325 e. The summed E-state index contributed by atoms with van der Waals surface area (Å²) in [7, 11) is 0. The first-order chi connectivity index (χ1) is 15.0. The maximum atomic E-state index is 12.8. The molecule has 0 bridgehead atoms. The number of rotatable bonds is 5. The number of nitrogens with zero attached hydrogens (tertiary/aromatic N) is 4. The minimum Gasteiger partial charge on any atom is -0.340 e. The molecule has 8 nitrogen and oxygen atoms in total. The molecule has 1 saturated carbocycles. The minimum absolute atomic E-state index is 0.0109. The summed E-state index contributed by atoms with van der Waals surface area (Å²) in [5, 5.41) is 11.8. The summed E-state index contributed by atoms with van der Waals surface area (Å²) in [5.74, 6) is -0.166. The van der Waals surface area contributed by atoms with E-state index in [2.05, 4.69) is 16.3 Å². The van der Waals surface area contributed by atoms with Crippen LogP contribution < -0.4 is 5.32 Å². The molecule has 31 heavy (non-hydrogen) atoms. The SMILES string of the molecule is N#Cc1ccc(CN2CCN(C(=O)CCN3C(=O)NC4(CCCCC4)C3=O)CC2)cc1. The second-order valence-electron chi connectivity index (χ2n) is 8.75. The van der Waals surface area contributed by atoms with Gasteiger partial charge in [-0.25, -0.2) is 4.79 Å². The Morgan fingerprint density at radius 1 is 1.03 bits per heavy atom. The van der Waals surface area contributed by atoms with Gasteiger partial charge in [0.2, 0.25) is 5.91 Å². The second-order valence-corrected chi connectivity index (χ2v) is 8.75. The minimum atomic E-state index is -0.727. The predicted octanol–water partition coefficient (Wildman–Crippen LogP) is 1.85. The topological polar surface area (TPSA) is 96.8 Å². The number of urea groups is 1. The lowest BCUT2D eigenvalue weighted by Crippen LogP contribution is -2.49. The van der Waals surface area contributed by atoms with E-state index in [1.165, 1.54) is 4.90 Å². The fourth-order valence-electron chi connectivity index (χ4n) is 4.84. The highest BCUT2D eigenvalue weighted by molar-refractivity contribution is 6.07. The third-order valence-electron chi connectivity index (χ3n) is 6.72. The van der Waals surface area contributed by atoms with Gasteiger partial charge in [0.05, 0.1) is 11.6 Å². The Balaban J connectivity index is 1.23. The van der Waals surface area contributed by atoms with Crippen molar-refractivity contribution in [2.45, 2.75) is 50.6 Å². The highest BCUT2D eigenvalue weighted by atomic mass is 16.2. The normalized spacial score (nSPS) is 21.3. The molecule has 3 aliphatic rings. The van der Waals surface area contributed by atoms with Crippen LogP contribution in [0, 0.1) is 11.3 Å². The monoisotopic (exact) mass is 423 g/mol. The van der Waals surface area contributed by atoms with E-state index in [4.69, 9.17) is 5.26 Å². The van der Waals surface area contributed by atoms with Crippen molar-refractivity contribution in [3.05, 3.63) is 35.4 Å². The number of nitriles is 1. The van der Waals surface area contributed by atoms with E-state index >= 15 is 0 Å². The lowest BCUT2D eigenvalue weighted by atomic mass is 9.82. The zero-order valence-corrected chi connectivity index (χ0v) is 17.8. The number of piperazine rings is 1. The van der Waals surface area contributed by atoms with Gasteiger partial charge in [0, 0.05) is 45.7 Å². The number of carbonyl (C=O) groups excluding carboxylic acids is 3. The van der Waals surface area contributed by atoms with Gasteiger partial charge in [-0.3, -0.25) is 19.4 Å². The van der Waals surface area contributed by atoms with Gasteiger partial charge in [0.15, 0.2) is 0 Å². The highest BCUT2D eigenvalue weighted by Crippen LogP contribution is 2.33. The van der Waals surface area contributed by atoms with E-state index in [-0.39, 0.29) is 30.8 Å². The average Bonchev–Trinajstić information content (AvgIpc) is 3.02. The third-order valence-corrected chi connectivity index (χ3v) is 6.72. The molecule has 0 atom stereocenters. The molecular weight excluding hydrogens is 394 g/mol. The van der Waals surface area contributed by atoms with Crippen molar-refractivity contribution in [3.8, 4) is 6.07 Å². The summed E-state index contributed by atoms with van der Waals surface area (Å²) < 4.78 is 0. The van der Waals surface area contributed by atoms with Crippen LogP contribution in [0.3, 0.4) is 0 Å². The maximum Gasteiger partial charge on any atom is 0.325 e. The number of imide groups is 1. The second kappa shape index (κ2) is 9.06. The zero-order chi connectivity index (χ0) is 21.8. The molecule has 164 valence electrons. The number of amides is 4. The molecule has 0 aromatic heterocycles. The van der Waals surface area contributed by atoms with Gasteiger partial charge in [-0.05, 0) is 30.5 Å². The Bertz CT molecular complexity index is 877. The van der Waals surface area contributed by atoms with Gasteiger partial charge in [-0.2, -0.15) is 5.26 Å². The number of benzene rings is 1. The van der Waals surface area contributed by atoms with Crippen molar-refractivity contribution in [2.75, 3.05) is 32.7 Å². The zero-order valence-electron chi connectivity index (χ0n) is 17.8. The molecule has 8 heteroatoms. The van der Waals surface area contributed by atoms with Gasteiger partial charge in [0.25, 0.3) is 5.91 Å². The van der Waals surface area contributed by atoms with Gasteiger partial charge >= 0.3 is 6.03 Å². The Kier molecular flexibility index (Phi) is 6.23. The number of nitrogens with one attached hydrogen (secondary N) is 1. The third kappa shape index (κ3) is 4.57. The first-order valence-electron chi connectivity index (χ1n) is 11.1. The lowest BCUT2D eigenvalue weighted by molar-refractivity contribution is -0.135. The van der Waals surface area contributed by atoms with Crippen molar-refractivity contribution < 1.29 is 14.4 Å². The molecule has 3 fully saturated rings. The average molecular weight is 424 g/mol. The van der Waals surface area contributed by atoms with Crippen LogP contribution in [-0.4, -0.2) is 70.8 Å². The summed E-state index contributed by atoms with van der Waals surface area (Å²) in [4.78, 5) is 43.2. The molecule has 2 saturated heterocycles. The van der Waals surface area contributed by atoms with Crippen LogP contribution in [0.1, 0.15) is 49.7 Å². The molecule has 0 unspecified atom stereocenters. The molecule has 1 spiro atoms. The number of carbonyl (C=O) groups is 3. The van der Waals surface area contributed by atoms with Crippen molar-refractivity contribution in [1.82, 2.24) is 20.0 Å². The fourth-order valence-corrected chi connectivity index (χ4v) is 4.84. The highest BCUT2D eigenvalue weighted by Gasteiger charge is 2.51. The molecular formula is C23H29N5O3. The lowest BCUT2D eigenvalue weighted by Gasteiger charge is -2.35. The van der Waals surface area contributed by atoms with Gasteiger partial charge in [0.1, 0.15) is 5.54 Å². The van der Waals surface area contributed by atoms with Gasteiger partial charge in [-0.15, -0.1) is 0 Å². The number of hydrogen-bond acceptors (Lipinski definition) is 5. The molecule has 2 aliphatic heterocycles. The van der Waals surface area contributed by atoms with Crippen LogP contribution in [0.15, 0.2) is 24.3 Å². The molecule has 4 rings (SSSR count). The van der Waals surface area contributed by atoms with Crippen molar-refractivity contribution >= 4 is 17.8 Å². The summed E-state index contributed by atoms with van der Waals surface area (Å²) in [6, 6.07) is 9.34. The quantitative estimate of drug-likeness (QED) is 0.729. The molecule has 1 aliphatic carbocycles. The maximum absolute atomic E-state index is 12.8. The molecule has 2 heterocycles. The van der Waals surface area contributed by atoms with E-state index in [0.717, 1.165) is 44.5 Å². The van der Waals surface area contributed by atoms with E-state index < -0.39 is 5.54 Å². The standard InChI is InChI=1S/C23H29N5O3/c24-16-18-4-6-19(7-5-18)17-26-12-14-27(15-13-26)20(29)8-11-28-21(30)23(25-22(28)31)9-2-1-3-10-23/h4-7H,1-3,8-15,17H2,(H,25,31). The van der Waals surface area contributed by atoms with Crippen molar-refractivity contribution in [2.24, 2.45) is 0 Å². The predicted molar refractivity (Wildman–Crippen MR) is 114 cm³/mol. The van der Waals surface area contributed by atoms with Crippen LogP contribution >= 0.6 is 0 Å². The van der Waals surface area contributed by atoms with E-state index in [1.54, 1.807) is 0 Å². The molecule has 4 amide bonds. The Labute approximate surface area is 182 Å². The van der Waals surface area contributed by atoms with Gasteiger partial charge < -0.3 is 10.2 Å². The van der Waals surface area contributed by atoms with Crippen LogP contribution in [0.2, 0.25) is 0 Å². The number of hydrogen-bond donors (Lipinski definition) is 1. The van der Waals surface area contributed by atoms with E-state index in [0.29, 0.717) is 31.5 Å². The largest absolute Gasteiger partial charge is 0.340 e. The first kappa shape index (κ1) is 21.3. The van der Waals surface area contributed by atoms with E-state index in [9.17, 15) is 14.4 Å². The Hall–Kier alpha value is -2.92. The summed E-state index contributed by atoms with van der Waals surface area (Å²) in [5.41, 5.74) is 1.07. The van der Waals surface area contributed by atoms with Crippen LogP contribution in [0.5, 0.6) is 0 Å². The fraction of sp³-hybridized carbons (Fsp3) is 0.565.